The molecule has 1 atom stereocenters. The molecule has 1 aliphatic rings. The zero-order chi connectivity index (χ0) is 16.8. The van der Waals surface area contributed by atoms with Crippen LogP contribution in [0.1, 0.15) is 28.9 Å². The highest BCUT2D eigenvalue weighted by molar-refractivity contribution is 7.12. The molecule has 2 aromatic rings. The summed E-state index contributed by atoms with van der Waals surface area (Å²) in [5.41, 5.74) is 0.755. The Balaban J connectivity index is 1.56. The van der Waals surface area contributed by atoms with E-state index in [-0.39, 0.29) is 18.0 Å². The summed E-state index contributed by atoms with van der Waals surface area (Å²) in [6.07, 6.45) is 3.02. The fourth-order valence-corrected chi connectivity index (χ4v) is 3.61. The van der Waals surface area contributed by atoms with Crippen LogP contribution >= 0.6 is 11.3 Å². The number of amides is 3. The van der Waals surface area contributed by atoms with Crippen LogP contribution in [0.2, 0.25) is 0 Å². The fraction of sp³-hybridized carbons (Fsp3) is 0.333. The van der Waals surface area contributed by atoms with Crippen molar-refractivity contribution in [3.05, 3.63) is 52.7 Å². The number of hydrogen-bond acceptors (Lipinski definition) is 3. The van der Waals surface area contributed by atoms with E-state index in [0.717, 1.165) is 36.4 Å². The number of piperidine rings is 1. The largest absolute Gasteiger partial charge is 0.336 e. The van der Waals surface area contributed by atoms with Gasteiger partial charge in [0.1, 0.15) is 0 Å². The highest BCUT2D eigenvalue weighted by atomic mass is 32.1. The van der Waals surface area contributed by atoms with Crippen LogP contribution < -0.4 is 10.6 Å². The number of anilines is 1. The van der Waals surface area contributed by atoms with Crippen LogP contribution in [0.25, 0.3) is 0 Å². The van der Waals surface area contributed by atoms with Crippen LogP contribution in [0, 0.1) is 0 Å². The molecular weight excluding hydrogens is 322 g/mol. The summed E-state index contributed by atoms with van der Waals surface area (Å²) < 4.78 is 0. The lowest BCUT2D eigenvalue weighted by Crippen LogP contribution is -2.49. The fourth-order valence-electron chi connectivity index (χ4n) is 2.93. The summed E-state index contributed by atoms with van der Waals surface area (Å²) in [5, 5.41) is 7.61. The molecular formula is C18H21N3O2S. The average molecular weight is 343 g/mol. The molecule has 24 heavy (non-hydrogen) atoms. The Morgan fingerprint density at radius 3 is 2.71 bits per heavy atom. The molecule has 126 valence electrons. The van der Waals surface area contributed by atoms with E-state index in [4.69, 9.17) is 0 Å². The molecule has 0 radical (unpaired) electrons. The Morgan fingerprint density at radius 1 is 1.12 bits per heavy atom. The summed E-state index contributed by atoms with van der Waals surface area (Å²) in [6, 6.07) is 12.9. The van der Waals surface area contributed by atoms with E-state index in [9.17, 15) is 9.59 Å². The molecule has 1 aromatic heterocycles. The van der Waals surface area contributed by atoms with Gasteiger partial charge < -0.3 is 15.5 Å². The molecule has 1 aromatic carbocycles. The quantitative estimate of drug-likeness (QED) is 0.891. The van der Waals surface area contributed by atoms with Gasteiger partial charge in [-0.25, -0.2) is 4.79 Å². The van der Waals surface area contributed by atoms with E-state index >= 15 is 0 Å². The number of nitrogens with one attached hydrogen (secondary N) is 2. The Hall–Kier alpha value is -2.34. The van der Waals surface area contributed by atoms with Crippen molar-refractivity contribution in [3.8, 4) is 0 Å². The number of carbonyl (C=O) groups is 2. The molecule has 0 aliphatic carbocycles. The topological polar surface area (TPSA) is 61.4 Å². The molecule has 0 spiro atoms. The van der Waals surface area contributed by atoms with E-state index < -0.39 is 0 Å². The Kier molecular flexibility index (Phi) is 5.48. The summed E-state index contributed by atoms with van der Waals surface area (Å²) in [4.78, 5) is 27.3. The second-order valence-corrected chi connectivity index (χ2v) is 6.77. The van der Waals surface area contributed by atoms with Gasteiger partial charge in [0, 0.05) is 24.8 Å². The predicted molar refractivity (Wildman–Crippen MR) is 96.5 cm³/mol. The van der Waals surface area contributed by atoms with Crippen molar-refractivity contribution in [1.82, 2.24) is 10.2 Å². The number of hydrogen-bond donors (Lipinski definition) is 2. The van der Waals surface area contributed by atoms with Gasteiger partial charge in [-0.3, -0.25) is 4.79 Å². The first-order chi connectivity index (χ1) is 11.7. The maximum Gasteiger partial charge on any atom is 0.319 e. The Bertz CT molecular complexity index is 673. The standard InChI is InChI=1S/C18H21N3O2S/c22-17(16-10-6-12-24-16)21-11-5-4-9-15(21)13-19-18(23)20-14-7-2-1-3-8-14/h1-3,6-8,10,12,15H,4-5,9,11,13H2,(H2,19,20,23)/t15-/m0/s1. The number of nitrogens with zero attached hydrogens (tertiary/aromatic N) is 1. The van der Waals surface area contributed by atoms with Crippen molar-refractivity contribution in [2.45, 2.75) is 25.3 Å². The van der Waals surface area contributed by atoms with Crippen molar-refractivity contribution in [1.29, 1.82) is 0 Å². The van der Waals surface area contributed by atoms with Crippen LogP contribution in [0.15, 0.2) is 47.8 Å². The number of rotatable bonds is 4. The lowest BCUT2D eigenvalue weighted by atomic mass is 10.0. The van der Waals surface area contributed by atoms with Gasteiger partial charge in [0.25, 0.3) is 5.91 Å². The third-order valence-corrected chi connectivity index (χ3v) is 5.01. The summed E-state index contributed by atoms with van der Waals surface area (Å²) in [7, 11) is 0. The lowest BCUT2D eigenvalue weighted by molar-refractivity contribution is 0.0620. The van der Waals surface area contributed by atoms with E-state index in [2.05, 4.69) is 10.6 Å². The first-order valence-corrected chi connectivity index (χ1v) is 9.06. The number of carbonyl (C=O) groups excluding carboxylic acids is 2. The molecule has 3 amide bonds. The number of benzene rings is 1. The van der Waals surface area contributed by atoms with Crippen molar-refractivity contribution in [2.24, 2.45) is 0 Å². The summed E-state index contributed by atoms with van der Waals surface area (Å²) in [5.74, 6) is 0.0694. The average Bonchev–Trinajstić information content (AvgIpc) is 3.15. The Labute approximate surface area is 145 Å². The second kappa shape index (κ2) is 7.97. The first-order valence-electron chi connectivity index (χ1n) is 8.18. The van der Waals surface area contributed by atoms with Crippen LogP contribution in [-0.4, -0.2) is 36.0 Å². The molecule has 1 saturated heterocycles. The zero-order valence-corrected chi connectivity index (χ0v) is 14.2. The smallest absolute Gasteiger partial charge is 0.319 e. The van der Waals surface area contributed by atoms with Crippen LogP contribution in [0.3, 0.4) is 0 Å². The molecule has 0 bridgehead atoms. The minimum atomic E-state index is -0.240. The number of urea groups is 1. The monoisotopic (exact) mass is 343 g/mol. The number of likely N-dealkylation sites (tertiary alicyclic amines) is 1. The molecule has 2 heterocycles. The summed E-state index contributed by atoms with van der Waals surface area (Å²) >= 11 is 1.46. The van der Waals surface area contributed by atoms with Gasteiger partial charge in [-0.05, 0) is 42.8 Å². The third-order valence-electron chi connectivity index (χ3n) is 4.15. The molecule has 5 nitrogen and oxygen atoms in total. The SMILES string of the molecule is O=C(NC[C@@H]1CCCCN1C(=O)c1cccs1)Nc1ccccc1. The number of para-hydroxylation sites is 1. The van der Waals surface area contributed by atoms with Gasteiger partial charge in [0.2, 0.25) is 0 Å². The third kappa shape index (κ3) is 4.14. The highest BCUT2D eigenvalue weighted by Crippen LogP contribution is 2.21. The van der Waals surface area contributed by atoms with E-state index in [1.807, 2.05) is 52.7 Å². The van der Waals surface area contributed by atoms with Gasteiger partial charge in [-0.15, -0.1) is 11.3 Å². The van der Waals surface area contributed by atoms with E-state index in [0.29, 0.717) is 6.54 Å². The summed E-state index contributed by atoms with van der Waals surface area (Å²) in [6.45, 7) is 1.22. The van der Waals surface area contributed by atoms with Crippen molar-refractivity contribution >= 4 is 29.0 Å². The Morgan fingerprint density at radius 2 is 1.96 bits per heavy atom. The van der Waals surface area contributed by atoms with Gasteiger partial charge in [0.15, 0.2) is 0 Å². The first kappa shape index (κ1) is 16.5. The molecule has 1 aliphatic heterocycles. The maximum absolute atomic E-state index is 12.6. The van der Waals surface area contributed by atoms with Crippen molar-refractivity contribution in [3.63, 3.8) is 0 Å². The molecule has 6 heteroatoms. The van der Waals surface area contributed by atoms with Gasteiger partial charge in [0.05, 0.1) is 4.88 Å². The molecule has 2 N–H and O–H groups in total. The maximum atomic E-state index is 12.6. The molecule has 0 saturated carbocycles. The van der Waals surface area contributed by atoms with Crippen molar-refractivity contribution < 1.29 is 9.59 Å². The van der Waals surface area contributed by atoms with Crippen LogP contribution in [-0.2, 0) is 0 Å². The van der Waals surface area contributed by atoms with Gasteiger partial charge in [-0.1, -0.05) is 24.3 Å². The highest BCUT2D eigenvalue weighted by Gasteiger charge is 2.28. The second-order valence-electron chi connectivity index (χ2n) is 5.83. The molecule has 0 unspecified atom stereocenters. The van der Waals surface area contributed by atoms with Gasteiger partial charge >= 0.3 is 6.03 Å². The minimum absolute atomic E-state index is 0.0508. The molecule has 1 fully saturated rings. The van der Waals surface area contributed by atoms with Gasteiger partial charge in [-0.2, -0.15) is 0 Å². The lowest BCUT2D eigenvalue weighted by Gasteiger charge is -2.35. The van der Waals surface area contributed by atoms with Crippen LogP contribution in [0.4, 0.5) is 10.5 Å². The van der Waals surface area contributed by atoms with E-state index in [1.165, 1.54) is 11.3 Å². The van der Waals surface area contributed by atoms with Crippen LogP contribution in [0.5, 0.6) is 0 Å². The predicted octanol–water partition coefficient (Wildman–Crippen LogP) is 3.56. The molecule has 3 rings (SSSR count). The minimum Gasteiger partial charge on any atom is -0.336 e. The van der Waals surface area contributed by atoms with Crippen molar-refractivity contribution in [2.75, 3.05) is 18.4 Å². The number of thiophene rings is 1. The van der Waals surface area contributed by atoms with E-state index in [1.54, 1.807) is 0 Å². The normalized spacial score (nSPS) is 17.3. The zero-order valence-electron chi connectivity index (χ0n) is 13.4.